The summed E-state index contributed by atoms with van der Waals surface area (Å²) in [5.41, 5.74) is 1.06. The molecule has 0 N–H and O–H groups in total. The molecular formula is C17H24ClNO. The molecule has 1 amide bonds. The van der Waals surface area contributed by atoms with Crippen LogP contribution in [0.1, 0.15) is 64.0 Å². The van der Waals surface area contributed by atoms with E-state index in [0.717, 1.165) is 42.7 Å². The lowest BCUT2D eigenvalue weighted by Gasteiger charge is -2.30. The number of benzene rings is 1. The first-order chi connectivity index (χ1) is 9.65. The lowest BCUT2D eigenvalue weighted by atomic mass is 10.1. The molecule has 0 radical (unpaired) electrons. The molecule has 20 heavy (non-hydrogen) atoms. The Kier molecular flexibility index (Phi) is 5.47. The summed E-state index contributed by atoms with van der Waals surface area (Å²) in [5, 5.41) is 0.756. The fraction of sp³-hybridized carbons (Fsp3) is 0.588. The Morgan fingerprint density at radius 1 is 1.35 bits per heavy atom. The van der Waals surface area contributed by atoms with Gasteiger partial charge in [-0.2, -0.15) is 0 Å². The second-order valence-corrected chi connectivity index (χ2v) is 6.09. The summed E-state index contributed by atoms with van der Waals surface area (Å²) in [6.07, 6.45) is 6.21. The van der Waals surface area contributed by atoms with Crippen molar-refractivity contribution in [3.63, 3.8) is 0 Å². The molecule has 0 aromatic heterocycles. The van der Waals surface area contributed by atoms with E-state index < -0.39 is 0 Å². The smallest absolute Gasteiger partial charge is 0.223 e. The first kappa shape index (κ1) is 15.4. The lowest BCUT2D eigenvalue weighted by molar-refractivity contribution is -0.134. The summed E-state index contributed by atoms with van der Waals surface area (Å²) in [5.74, 6) is 0.286. The van der Waals surface area contributed by atoms with Gasteiger partial charge in [-0.1, -0.05) is 49.6 Å². The number of hydrogen-bond acceptors (Lipinski definition) is 1. The van der Waals surface area contributed by atoms with Crippen LogP contribution >= 0.6 is 11.6 Å². The molecule has 1 aromatic rings. The highest BCUT2D eigenvalue weighted by Gasteiger charge is 2.36. The van der Waals surface area contributed by atoms with Crippen molar-refractivity contribution in [2.24, 2.45) is 0 Å². The minimum absolute atomic E-state index is 0.0744. The van der Waals surface area contributed by atoms with E-state index in [1.165, 1.54) is 0 Å². The third kappa shape index (κ3) is 3.76. The molecule has 0 spiro atoms. The maximum Gasteiger partial charge on any atom is 0.223 e. The van der Waals surface area contributed by atoms with Gasteiger partial charge < -0.3 is 4.90 Å². The molecular weight excluding hydrogens is 270 g/mol. The molecule has 1 fully saturated rings. The highest BCUT2D eigenvalue weighted by molar-refractivity contribution is 6.31. The van der Waals surface area contributed by atoms with Crippen molar-refractivity contribution in [1.29, 1.82) is 0 Å². The molecule has 1 saturated carbocycles. The van der Waals surface area contributed by atoms with Crippen LogP contribution in [0.15, 0.2) is 24.3 Å². The van der Waals surface area contributed by atoms with E-state index in [1.807, 2.05) is 24.3 Å². The molecule has 1 aromatic carbocycles. The molecule has 0 saturated heterocycles. The number of rotatable bonds is 7. The Hall–Kier alpha value is -1.02. The zero-order valence-electron chi connectivity index (χ0n) is 12.4. The second-order valence-electron chi connectivity index (χ2n) is 5.69. The fourth-order valence-electron chi connectivity index (χ4n) is 2.71. The van der Waals surface area contributed by atoms with E-state index in [2.05, 4.69) is 18.7 Å². The quantitative estimate of drug-likeness (QED) is 0.650. The molecule has 0 heterocycles. The van der Waals surface area contributed by atoms with Crippen molar-refractivity contribution >= 4 is 17.5 Å². The van der Waals surface area contributed by atoms with Gasteiger partial charge in [-0.25, -0.2) is 0 Å². The zero-order valence-corrected chi connectivity index (χ0v) is 13.2. The van der Waals surface area contributed by atoms with Crippen molar-refractivity contribution < 1.29 is 4.79 Å². The highest BCUT2D eigenvalue weighted by Crippen LogP contribution is 2.37. The van der Waals surface area contributed by atoms with Crippen LogP contribution in [0.3, 0.4) is 0 Å². The predicted octanol–water partition coefficient (Wildman–Crippen LogP) is 4.97. The Bertz CT molecular complexity index is 456. The highest BCUT2D eigenvalue weighted by atomic mass is 35.5. The number of amides is 1. The predicted molar refractivity (Wildman–Crippen MR) is 83.9 cm³/mol. The topological polar surface area (TPSA) is 20.3 Å². The third-order valence-electron chi connectivity index (χ3n) is 4.00. The summed E-state index contributed by atoms with van der Waals surface area (Å²) in [6.45, 7) is 4.26. The molecule has 0 bridgehead atoms. The van der Waals surface area contributed by atoms with Crippen molar-refractivity contribution in [1.82, 2.24) is 4.90 Å². The average Bonchev–Trinajstić information content (AvgIpc) is 3.24. The summed E-state index contributed by atoms with van der Waals surface area (Å²) in [4.78, 5) is 14.6. The van der Waals surface area contributed by atoms with Crippen LogP contribution in [0.4, 0.5) is 0 Å². The van der Waals surface area contributed by atoms with Gasteiger partial charge in [0.05, 0.1) is 6.04 Å². The molecule has 1 atom stereocenters. The lowest BCUT2D eigenvalue weighted by Crippen LogP contribution is -2.35. The molecule has 1 aliphatic carbocycles. The van der Waals surface area contributed by atoms with E-state index >= 15 is 0 Å². The molecule has 1 aliphatic rings. The SMILES string of the molecule is CCCCCC(=O)N(C1CC1)C(C)c1ccccc1Cl. The second kappa shape index (κ2) is 7.12. The maximum absolute atomic E-state index is 12.5. The average molecular weight is 294 g/mol. The minimum Gasteiger partial charge on any atom is -0.333 e. The van der Waals surface area contributed by atoms with Crippen molar-refractivity contribution in [2.45, 2.75) is 64.5 Å². The van der Waals surface area contributed by atoms with Crippen LogP contribution in [0.5, 0.6) is 0 Å². The Morgan fingerprint density at radius 2 is 2.05 bits per heavy atom. The largest absolute Gasteiger partial charge is 0.333 e. The maximum atomic E-state index is 12.5. The summed E-state index contributed by atoms with van der Waals surface area (Å²) >= 11 is 6.28. The van der Waals surface area contributed by atoms with E-state index in [4.69, 9.17) is 11.6 Å². The van der Waals surface area contributed by atoms with Gasteiger partial charge in [-0.3, -0.25) is 4.79 Å². The van der Waals surface area contributed by atoms with Gasteiger partial charge in [-0.15, -0.1) is 0 Å². The third-order valence-corrected chi connectivity index (χ3v) is 4.34. The Labute approximate surface area is 127 Å². The normalized spacial score (nSPS) is 15.9. The van der Waals surface area contributed by atoms with E-state index in [0.29, 0.717) is 12.5 Å². The monoisotopic (exact) mass is 293 g/mol. The van der Waals surface area contributed by atoms with Gasteiger partial charge in [-0.05, 0) is 37.8 Å². The van der Waals surface area contributed by atoms with Crippen LogP contribution in [0.2, 0.25) is 5.02 Å². The fourth-order valence-corrected chi connectivity index (χ4v) is 3.00. The Balaban J connectivity index is 2.08. The first-order valence-electron chi connectivity index (χ1n) is 7.70. The van der Waals surface area contributed by atoms with Gasteiger partial charge in [0.15, 0.2) is 0 Å². The van der Waals surface area contributed by atoms with Gasteiger partial charge in [0.25, 0.3) is 0 Å². The summed E-state index contributed by atoms with van der Waals surface area (Å²) in [6, 6.07) is 8.36. The summed E-state index contributed by atoms with van der Waals surface area (Å²) < 4.78 is 0. The number of hydrogen-bond donors (Lipinski definition) is 0. The number of nitrogens with zero attached hydrogens (tertiary/aromatic N) is 1. The molecule has 2 rings (SSSR count). The number of carbonyl (C=O) groups is 1. The van der Waals surface area contributed by atoms with Crippen molar-refractivity contribution in [2.75, 3.05) is 0 Å². The van der Waals surface area contributed by atoms with E-state index in [9.17, 15) is 4.79 Å². The molecule has 110 valence electrons. The van der Waals surface area contributed by atoms with Crippen LogP contribution in [0, 0.1) is 0 Å². The zero-order chi connectivity index (χ0) is 14.5. The number of halogens is 1. The standard InChI is InChI=1S/C17H24ClNO/c1-3-4-5-10-17(20)19(14-11-12-14)13(2)15-8-6-7-9-16(15)18/h6-9,13-14H,3-5,10-12H2,1-2H3. The number of unbranched alkanes of at least 4 members (excludes halogenated alkanes) is 2. The van der Waals surface area contributed by atoms with Crippen LogP contribution in [-0.2, 0) is 4.79 Å². The van der Waals surface area contributed by atoms with E-state index in [1.54, 1.807) is 0 Å². The molecule has 1 unspecified atom stereocenters. The van der Waals surface area contributed by atoms with Gasteiger partial charge in [0, 0.05) is 17.5 Å². The molecule has 3 heteroatoms. The van der Waals surface area contributed by atoms with Crippen LogP contribution in [-0.4, -0.2) is 16.8 Å². The van der Waals surface area contributed by atoms with Crippen LogP contribution in [0.25, 0.3) is 0 Å². The minimum atomic E-state index is 0.0744. The molecule has 2 nitrogen and oxygen atoms in total. The van der Waals surface area contributed by atoms with Crippen molar-refractivity contribution in [3.05, 3.63) is 34.9 Å². The van der Waals surface area contributed by atoms with Gasteiger partial charge in [0.1, 0.15) is 0 Å². The van der Waals surface area contributed by atoms with E-state index in [-0.39, 0.29) is 11.9 Å². The van der Waals surface area contributed by atoms with Gasteiger partial charge in [0.2, 0.25) is 5.91 Å². The summed E-state index contributed by atoms with van der Waals surface area (Å²) in [7, 11) is 0. The van der Waals surface area contributed by atoms with Crippen LogP contribution < -0.4 is 0 Å². The molecule has 0 aliphatic heterocycles. The first-order valence-corrected chi connectivity index (χ1v) is 8.08. The Morgan fingerprint density at radius 3 is 2.65 bits per heavy atom. The van der Waals surface area contributed by atoms with Crippen molar-refractivity contribution in [3.8, 4) is 0 Å². The number of carbonyl (C=O) groups excluding carboxylic acids is 1. The van der Waals surface area contributed by atoms with Gasteiger partial charge >= 0.3 is 0 Å².